The molecule has 0 spiro atoms. The Kier molecular flexibility index (Phi) is 2.28. The van der Waals surface area contributed by atoms with Crippen LogP contribution in [0.1, 0.15) is 24.1 Å². The number of nitrogens with two attached hydrogens (primary N) is 1. The van der Waals surface area contributed by atoms with Crippen LogP contribution in [0, 0.1) is 10.1 Å². The van der Waals surface area contributed by atoms with Crippen LogP contribution in [-0.2, 0) is 5.41 Å². The summed E-state index contributed by atoms with van der Waals surface area (Å²) < 4.78 is 0. The summed E-state index contributed by atoms with van der Waals surface area (Å²) in [6, 6.07) is 3.47. The SMILES string of the molecule is NCCC1(c2ccc([N+](=O)[O-])s2)CC1. The lowest BCUT2D eigenvalue weighted by Crippen LogP contribution is -2.11. The van der Waals surface area contributed by atoms with E-state index in [1.807, 2.05) is 6.07 Å². The first-order chi connectivity index (χ1) is 6.68. The number of hydrogen-bond acceptors (Lipinski definition) is 4. The van der Waals surface area contributed by atoms with Gasteiger partial charge in [0, 0.05) is 16.4 Å². The lowest BCUT2D eigenvalue weighted by atomic mass is 10.0. The van der Waals surface area contributed by atoms with Gasteiger partial charge in [-0.15, -0.1) is 0 Å². The fraction of sp³-hybridized carbons (Fsp3) is 0.556. The van der Waals surface area contributed by atoms with Gasteiger partial charge in [0.1, 0.15) is 0 Å². The second-order valence-electron chi connectivity index (χ2n) is 3.71. The maximum absolute atomic E-state index is 10.5. The fourth-order valence-electron chi connectivity index (χ4n) is 1.76. The second-order valence-corrected chi connectivity index (χ2v) is 4.78. The summed E-state index contributed by atoms with van der Waals surface area (Å²) in [6.45, 7) is 0.658. The zero-order chi connectivity index (χ0) is 10.2. The molecule has 0 atom stereocenters. The molecule has 1 aliphatic rings. The second kappa shape index (κ2) is 3.33. The third-order valence-electron chi connectivity index (χ3n) is 2.77. The molecular formula is C9H12N2O2S. The van der Waals surface area contributed by atoms with Crippen LogP contribution in [0.5, 0.6) is 0 Å². The van der Waals surface area contributed by atoms with Crippen molar-refractivity contribution in [3.8, 4) is 0 Å². The van der Waals surface area contributed by atoms with Crippen LogP contribution in [0.4, 0.5) is 5.00 Å². The van der Waals surface area contributed by atoms with E-state index in [2.05, 4.69) is 0 Å². The monoisotopic (exact) mass is 212 g/mol. The predicted molar refractivity (Wildman–Crippen MR) is 55.6 cm³/mol. The highest BCUT2D eigenvalue weighted by molar-refractivity contribution is 7.15. The van der Waals surface area contributed by atoms with Crippen molar-refractivity contribution in [1.82, 2.24) is 0 Å². The summed E-state index contributed by atoms with van der Waals surface area (Å²) in [7, 11) is 0. The highest BCUT2D eigenvalue weighted by Crippen LogP contribution is 2.53. The van der Waals surface area contributed by atoms with E-state index in [9.17, 15) is 10.1 Å². The number of nitrogens with zero attached hydrogens (tertiary/aromatic N) is 1. The third kappa shape index (κ3) is 1.53. The lowest BCUT2D eigenvalue weighted by molar-refractivity contribution is -0.380. The van der Waals surface area contributed by atoms with E-state index >= 15 is 0 Å². The van der Waals surface area contributed by atoms with E-state index in [0.29, 0.717) is 6.54 Å². The van der Waals surface area contributed by atoms with E-state index < -0.39 is 0 Å². The van der Waals surface area contributed by atoms with Gasteiger partial charge in [0.25, 0.3) is 0 Å². The molecule has 5 heteroatoms. The largest absolute Gasteiger partial charge is 0.330 e. The van der Waals surface area contributed by atoms with Crippen LogP contribution in [0.25, 0.3) is 0 Å². The van der Waals surface area contributed by atoms with Crippen molar-refractivity contribution in [1.29, 1.82) is 0 Å². The van der Waals surface area contributed by atoms with Gasteiger partial charge in [-0.3, -0.25) is 10.1 Å². The summed E-state index contributed by atoms with van der Waals surface area (Å²) >= 11 is 1.30. The molecule has 1 aromatic rings. The van der Waals surface area contributed by atoms with Crippen LogP contribution in [0.2, 0.25) is 0 Å². The molecule has 1 saturated carbocycles. The van der Waals surface area contributed by atoms with Crippen molar-refractivity contribution in [3.05, 3.63) is 27.1 Å². The van der Waals surface area contributed by atoms with E-state index in [4.69, 9.17) is 5.73 Å². The van der Waals surface area contributed by atoms with Crippen LogP contribution in [0.3, 0.4) is 0 Å². The Morgan fingerprint density at radius 3 is 2.71 bits per heavy atom. The Balaban J connectivity index is 2.20. The Labute approximate surface area is 85.9 Å². The Morgan fingerprint density at radius 2 is 2.29 bits per heavy atom. The first-order valence-corrected chi connectivity index (χ1v) is 5.44. The lowest BCUT2D eigenvalue weighted by Gasteiger charge is -2.09. The fourth-order valence-corrected chi connectivity index (χ4v) is 2.85. The normalized spacial score (nSPS) is 18.1. The smallest absolute Gasteiger partial charge is 0.324 e. The van der Waals surface area contributed by atoms with Gasteiger partial charge in [0.15, 0.2) is 0 Å². The summed E-state index contributed by atoms with van der Waals surface area (Å²) in [4.78, 5) is 11.3. The highest BCUT2D eigenvalue weighted by atomic mass is 32.1. The maximum Gasteiger partial charge on any atom is 0.324 e. The molecule has 0 bridgehead atoms. The van der Waals surface area contributed by atoms with Gasteiger partial charge in [-0.2, -0.15) is 0 Å². The Hall–Kier alpha value is -0.940. The average molecular weight is 212 g/mol. The molecule has 1 heterocycles. The maximum atomic E-state index is 10.5. The van der Waals surface area contributed by atoms with Crippen molar-refractivity contribution >= 4 is 16.3 Å². The third-order valence-corrected chi connectivity index (χ3v) is 4.05. The molecule has 2 N–H and O–H groups in total. The molecule has 0 aromatic carbocycles. The minimum Gasteiger partial charge on any atom is -0.330 e. The van der Waals surface area contributed by atoms with Crippen LogP contribution in [0.15, 0.2) is 12.1 Å². The molecule has 1 fully saturated rings. The summed E-state index contributed by atoms with van der Waals surface area (Å²) in [5.74, 6) is 0. The van der Waals surface area contributed by atoms with Gasteiger partial charge in [0.2, 0.25) is 0 Å². The molecule has 0 amide bonds. The van der Waals surface area contributed by atoms with Gasteiger partial charge in [0.05, 0.1) is 4.92 Å². The number of hydrogen-bond donors (Lipinski definition) is 1. The highest BCUT2D eigenvalue weighted by Gasteiger charge is 2.45. The molecule has 0 unspecified atom stereocenters. The van der Waals surface area contributed by atoms with Gasteiger partial charge in [-0.1, -0.05) is 11.3 Å². The van der Waals surface area contributed by atoms with Gasteiger partial charge >= 0.3 is 5.00 Å². The van der Waals surface area contributed by atoms with E-state index in [1.165, 1.54) is 11.3 Å². The van der Waals surface area contributed by atoms with Crippen LogP contribution < -0.4 is 5.73 Å². The quantitative estimate of drug-likeness (QED) is 0.613. The van der Waals surface area contributed by atoms with E-state index in [0.717, 1.165) is 24.1 Å². The molecule has 2 rings (SSSR count). The minimum absolute atomic E-state index is 0.188. The Bertz CT molecular complexity index is 357. The van der Waals surface area contributed by atoms with Crippen LogP contribution >= 0.6 is 11.3 Å². The molecule has 0 saturated heterocycles. The zero-order valence-electron chi connectivity index (χ0n) is 7.73. The molecule has 76 valence electrons. The predicted octanol–water partition coefficient (Wildman–Crippen LogP) is 2.04. The first kappa shape index (κ1) is 9.61. The molecule has 0 aliphatic heterocycles. The topological polar surface area (TPSA) is 69.2 Å². The van der Waals surface area contributed by atoms with Crippen molar-refractivity contribution in [2.75, 3.05) is 6.54 Å². The molecule has 0 radical (unpaired) electrons. The van der Waals surface area contributed by atoms with Crippen molar-refractivity contribution < 1.29 is 4.92 Å². The summed E-state index contributed by atoms with van der Waals surface area (Å²) in [5.41, 5.74) is 5.72. The van der Waals surface area contributed by atoms with Crippen molar-refractivity contribution in [3.63, 3.8) is 0 Å². The van der Waals surface area contributed by atoms with Gasteiger partial charge in [-0.25, -0.2) is 0 Å². The minimum atomic E-state index is -0.327. The van der Waals surface area contributed by atoms with Gasteiger partial charge < -0.3 is 5.73 Å². The van der Waals surface area contributed by atoms with Gasteiger partial charge in [-0.05, 0) is 31.9 Å². The van der Waals surface area contributed by atoms with E-state index in [-0.39, 0.29) is 15.3 Å². The molecule has 1 aromatic heterocycles. The summed E-state index contributed by atoms with van der Waals surface area (Å²) in [5, 5.41) is 10.7. The van der Waals surface area contributed by atoms with E-state index in [1.54, 1.807) is 6.07 Å². The molecule has 1 aliphatic carbocycles. The number of thiophene rings is 1. The zero-order valence-corrected chi connectivity index (χ0v) is 8.55. The average Bonchev–Trinajstić information content (AvgIpc) is 2.77. The molecule has 4 nitrogen and oxygen atoms in total. The number of rotatable bonds is 4. The number of nitro groups is 1. The van der Waals surface area contributed by atoms with Crippen molar-refractivity contribution in [2.24, 2.45) is 5.73 Å². The summed E-state index contributed by atoms with van der Waals surface area (Å²) in [6.07, 6.45) is 3.20. The molecular weight excluding hydrogens is 200 g/mol. The first-order valence-electron chi connectivity index (χ1n) is 4.63. The standard InChI is InChI=1S/C9H12N2O2S/c10-6-5-9(3-4-9)7-1-2-8(14-7)11(12)13/h1-2H,3-6,10H2. The van der Waals surface area contributed by atoms with Crippen molar-refractivity contribution in [2.45, 2.75) is 24.7 Å². The Morgan fingerprint density at radius 1 is 1.57 bits per heavy atom. The molecule has 14 heavy (non-hydrogen) atoms. The van der Waals surface area contributed by atoms with Crippen LogP contribution in [-0.4, -0.2) is 11.5 Å².